The van der Waals surface area contributed by atoms with Crippen LogP contribution in [0.4, 0.5) is 0 Å². The van der Waals surface area contributed by atoms with E-state index in [-0.39, 0.29) is 0 Å². The van der Waals surface area contributed by atoms with Crippen molar-refractivity contribution in [2.45, 2.75) is 13.8 Å². The van der Waals surface area contributed by atoms with Crippen molar-refractivity contribution in [1.82, 2.24) is 25.1 Å². The Hall–Kier alpha value is -3.02. The predicted molar refractivity (Wildman–Crippen MR) is 82.1 cm³/mol. The maximum atomic E-state index is 5.40. The Morgan fingerprint density at radius 2 is 1.82 bits per heavy atom. The number of hydrogen-bond acceptors (Lipinski definition) is 5. The number of aromatic nitrogens is 5. The van der Waals surface area contributed by atoms with Crippen LogP contribution in [-0.4, -0.2) is 25.1 Å². The van der Waals surface area contributed by atoms with Gasteiger partial charge in [-0.25, -0.2) is 9.97 Å². The fraction of sp³-hybridized carbons (Fsp3) is 0.125. The van der Waals surface area contributed by atoms with Crippen molar-refractivity contribution in [2.24, 2.45) is 0 Å². The Kier molecular flexibility index (Phi) is 2.75. The smallest absolute Gasteiger partial charge is 0.260 e. The molecule has 0 aliphatic carbocycles. The lowest BCUT2D eigenvalue weighted by molar-refractivity contribution is 0.432. The Balaban J connectivity index is 1.87. The highest BCUT2D eigenvalue weighted by Gasteiger charge is 2.16. The van der Waals surface area contributed by atoms with Gasteiger partial charge in [-0.3, -0.25) is 0 Å². The summed E-state index contributed by atoms with van der Waals surface area (Å²) >= 11 is 0. The summed E-state index contributed by atoms with van der Waals surface area (Å²) in [5.74, 6) is 1.28. The second-order valence-corrected chi connectivity index (χ2v) is 5.10. The fourth-order valence-electron chi connectivity index (χ4n) is 2.50. The normalized spacial score (nSPS) is 11.2. The van der Waals surface area contributed by atoms with Gasteiger partial charge in [-0.15, -0.1) is 0 Å². The average Bonchev–Trinajstić information content (AvgIpc) is 3.15. The molecule has 0 saturated carbocycles. The Morgan fingerprint density at radius 3 is 2.64 bits per heavy atom. The molecule has 6 nitrogen and oxygen atoms in total. The van der Waals surface area contributed by atoms with E-state index in [0.29, 0.717) is 17.5 Å². The summed E-state index contributed by atoms with van der Waals surface area (Å²) in [5.41, 5.74) is 4.24. The highest BCUT2D eigenvalue weighted by atomic mass is 16.5. The van der Waals surface area contributed by atoms with Crippen LogP contribution in [0.3, 0.4) is 0 Å². The van der Waals surface area contributed by atoms with Crippen LogP contribution in [0.5, 0.6) is 0 Å². The van der Waals surface area contributed by atoms with Gasteiger partial charge in [-0.2, -0.15) is 4.98 Å². The van der Waals surface area contributed by atoms with E-state index in [1.807, 2.05) is 12.1 Å². The molecule has 22 heavy (non-hydrogen) atoms. The van der Waals surface area contributed by atoms with Gasteiger partial charge >= 0.3 is 0 Å². The van der Waals surface area contributed by atoms with Gasteiger partial charge in [0.15, 0.2) is 0 Å². The average molecular weight is 291 g/mol. The molecule has 4 rings (SSSR count). The monoisotopic (exact) mass is 291 g/mol. The summed E-state index contributed by atoms with van der Waals surface area (Å²) in [5, 5.41) is 5.13. The quantitative estimate of drug-likeness (QED) is 0.613. The van der Waals surface area contributed by atoms with Crippen molar-refractivity contribution in [1.29, 1.82) is 0 Å². The van der Waals surface area contributed by atoms with Crippen molar-refractivity contribution < 1.29 is 4.52 Å². The molecule has 0 radical (unpaired) electrons. The molecule has 0 bridgehead atoms. The zero-order valence-corrected chi connectivity index (χ0v) is 12.2. The highest BCUT2D eigenvalue weighted by molar-refractivity contribution is 5.95. The Morgan fingerprint density at radius 1 is 1.00 bits per heavy atom. The largest absolute Gasteiger partial charge is 0.358 e. The van der Waals surface area contributed by atoms with E-state index in [2.05, 4.69) is 45.0 Å². The van der Waals surface area contributed by atoms with E-state index >= 15 is 0 Å². The van der Waals surface area contributed by atoms with Crippen molar-refractivity contribution in [3.63, 3.8) is 0 Å². The lowest BCUT2D eigenvalue weighted by atomic mass is 10.1. The standard InChI is InChI=1S/C16H13N5O/c1-9-10(2)19-13-11(9)5-3-6-12(13)16-20-15(21-22-16)14-17-7-4-8-18-14/h3-8,19H,1-2H3. The van der Waals surface area contributed by atoms with Crippen LogP contribution in [0, 0.1) is 13.8 Å². The third kappa shape index (κ3) is 1.88. The minimum atomic E-state index is 0.382. The van der Waals surface area contributed by atoms with E-state index in [0.717, 1.165) is 22.2 Å². The molecule has 0 aliphatic heterocycles. The SMILES string of the molecule is Cc1[nH]c2c(-c3nc(-c4ncccn4)no3)cccc2c1C. The van der Waals surface area contributed by atoms with Gasteiger partial charge in [0.2, 0.25) is 11.6 Å². The number of para-hydroxylation sites is 1. The minimum Gasteiger partial charge on any atom is -0.358 e. The van der Waals surface area contributed by atoms with E-state index < -0.39 is 0 Å². The van der Waals surface area contributed by atoms with Crippen LogP contribution in [0.2, 0.25) is 0 Å². The molecule has 0 saturated heterocycles. The molecule has 6 heteroatoms. The molecule has 3 heterocycles. The molecule has 0 unspecified atom stereocenters. The molecular formula is C16H13N5O. The molecule has 1 N–H and O–H groups in total. The highest BCUT2D eigenvalue weighted by Crippen LogP contribution is 2.30. The van der Waals surface area contributed by atoms with Crippen LogP contribution in [-0.2, 0) is 0 Å². The van der Waals surface area contributed by atoms with Crippen molar-refractivity contribution in [2.75, 3.05) is 0 Å². The third-order valence-corrected chi connectivity index (χ3v) is 3.77. The summed E-state index contributed by atoms with van der Waals surface area (Å²) in [6, 6.07) is 7.77. The number of benzene rings is 1. The molecule has 0 fully saturated rings. The number of rotatable bonds is 2. The molecule has 0 aliphatic rings. The molecule has 1 aromatic carbocycles. The van der Waals surface area contributed by atoms with Crippen molar-refractivity contribution >= 4 is 10.9 Å². The van der Waals surface area contributed by atoms with Gasteiger partial charge in [-0.1, -0.05) is 17.3 Å². The first-order valence-electron chi connectivity index (χ1n) is 6.93. The zero-order chi connectivity index (χ0) is 15.1. The molecule has 0 amide bonds. The minimum absolute atomic E-state index is 0.382. The van der Waals surface area contributed by atoms with E-state index in [1.54, 1.807) is 18.5 Å². The number of nitrogens with zero attached hydrogens (tertiary/aromatic N) is 4. The fourth-order valence-corrected chi connectivity index (χ4v) is 2.50. The van der Waals surface area contributed by atoms with E-state index in [9.17, 15) is 0 Å². The number of nitrogens with one attached hydrogen (secondary N) is 1. The van der Waals surface area contributed by atoms with Gasteiger partial charge in [0, 0.05) is 23.5 Å². The van der Waals surface area contributed by atoms with Crippen molar-refractivity contribution in [3.8, 4) is 23.1 Å². The predicted octanol–water partition coefficient (Wildman–Crippen LogP) is 3.29. The molecular weight excluding hydrogens is 278 g/mol. The number of hydrogen-bond donors (Lipinski definition) is 1. The van der Waals surface area contributed by atoms with Crippen molar-refractivity contribution in [3.05, 3.63) is 47.9 Å². The molecule has 3 aromatic heterocycles. The van der Waals surface area contributed by atoms with E-state index in [1.165, 1.54) is 5.56 Å². The number of aryl methyl sites for hydroxylation is 2. The number of fused-ring (bicyclic) bond motifs is 1. The maximum Gasteiger partial charge on any atom is 0.260 e. The van der Waals surface area contributed by atoms with Crippen LogP contribution >= 0.6 is 0 Å². The van der Waals surface area contributed by atoms with Crippen LogP contribution in [0.15, 0.2) is 41.2 Å². The zero-order valence-electron chi connectivity index (χ0n) is 12.2. The summed E-state index contributed by atoms with van der Waals surface area (Å²) in [4.78, 5) is 16.1. The number of H-pyrrole nitrogens is 1. The number of aromatic amines is 1. The Bertz CT molecular complexity index is 955. The first kappa shape index (κ1) is 12.7. The van der Waals surface area contributed by atoms with Gasteiger partial charge in [-0.05, 0) is 31.5 Å². The molecule has 0 spiro atoms. The van der Waals surface area contributed by atoms with Crippen LogP contribution in [0.1, 0.15) is 11.3 Å². The molecule has 108 valence electrons. The van der Waals surface area contributed by atoms with Gasteiger partial charge in [0.05, 0.1) is 11.1 Å². The van der Waals surface area contributed by atoms with Gasteiger partial charge in [0.1, 0.15) is 0 Å². The lowest BCUT2D eigenvalue weighted by Crippen LogP contribution is -1.88. The summed E-state index contributed by atoms with van der Waals surface area (Å²) in [6.45, 7) is 4.14. The second kappa shape index (κ2) is 4.77. The van der Waals surface area contributed by atoms with Crippen LogP contribution < -0.4 is 0 Å². The van der Waals surface area contributed by atoms with Gasteiger partial charge < -0.3 is 9.51 Å². The molecule has 0 atom stereocenters. The lowest BCUT2D eigenvalue weighted by Gasteiger charge is -1.97. The summed E-state index contributed by atoms with van der Waals surface area (Å²) < 4.78 is 5.40. The second-order valence-electron chi connectivity index (χ2n) is 5.10. The topological polar surface area (TPSA) is 80.5 Å². The Labute approximate surface area is 126 Å². The summed E-state index contributed by atoms with van der Waals surface area (Å²) in [6.07, 6.45) is 3.30. The van der Waals surface area contributed by atoms with E-state index in [4.69, 9.17) is 4.52 Å². The molecule has 4 aromatic rings. The van der Waals surface area contributed by atoms with Gasteiger partial charge in [0.25, 0.3) is 5.89 Å². The first-order chi connectivity index (χ1) is 10.7. The maximum absolute atomic E-state index is 5.40. The third-order valence-electron chi connectivity index (χ3n) is 3.77. The first-order valence-corrected chi connectivity index (χ1v) is 6.93. The van der Waals surface area contributed by atoms with Crippen LogP contribution in [0.25, 0.3) is 34.0 Å². The summed E-state index contributed by atoms with van der Waals surface area (Å²) in [7, 11) is 0.